The average molecular weight is 466 g/mol. The highest BCUT2D eigenvalue weighted by Crippen LogP contribution is 2.20. The zero-order valence-electron chi connectivity index (χ0n) is 14.2. The van der Waals surface area contributed by atoms with Crippen molar-refractivity contribution in [2.75, 3.05) is 26.2 Å². The van der Waals surface area contributed by atoms with Gasteiger partial charge in [0.1, 0.15) is 0 Å². The van der Waals surface area contributed by atoms with Crippen molar-refractivity contribution in [3.8, 4) is 0 Å². The molecule has 1 aliphatic heterocycles. The zero-order valence-corrected chi connectivity index (χ0v) is 17.4. The Labute approximate surface area is 164 Å². The summed E-state index contributed by atoms with van der Waals surface area (Å²) in [6, 6.07) is 4.44. The molecule has 8 heteroatoms. The van der Waals surface area contributed by atoms with Crippen molar-refractivity contribution in [1.29, 1.82) is 0 Å². The van der Waals surface area contributed by atoms with Gasteiger partial charge < -0.3 is 20.7 Å². The molecule has 1 atom stereocenters. The Kier molecular flexibility index (Phi) is 9.42. The van der Waals surface area contributed by atoms with E-state index in [1.54, 1.807) is 16.2 Å². The van der Waals surface area contributed by atoms with Crippen LogP contribution in [0.25, 0.3) is 0 Å². The summed E-state index contributed by atoms with van der Waals surface area (Å²) in [7, 11) is 0. The highest BCUT2D eigenvalue weighted by Gasteiger charge is 2.23. The molecule has 1 aromatic rings. The van der Waals surface area contributed by atoms with Gasteiger partial charge in [0.05, 0.1) is 13.2 Å². The van der Waals surface area contributed by atoms with E-state index in [2.05, 4.69) is 34.7 Å². The Hall–Kier alpha value is -1.03. The third-order valence-electron chi connectivity index (χ3n) is 3.94. The highest BCUT2D eigenvalue weighted by molar-refractivity contribution is 14.0. The van der Waals surface area contributed by atoms with E-state index in [4.69, 9.17) is 10.5 Å². The van der Waals surface area contributed by atoms with Gasteiger partial charge in [0.15, 0.2) is 5.96 Å². The number of nitrogens with one attached hydrogen (secondary N) is 1. The number of hydrogen-bond donors (Lipinski definition) is 2. The van der Waals surface area contributed by atoms with Crippen molar-refractivity contribution in [3.05, 3.63) is 22.4 Å². The van der Waals surface area contributed by atoms with Crippen LogP contribution in [0.1, 0.15) is 37.5 Å². The maximum absolute atomic E-state index is 11.7. The van der Waals surface area contributed by atoms with Crippen molar-refractivity contribution >= 4 is 47.4 Å². The van der Waals surface area contributed by atoms with E-state index in [0.29, 0.717) is 38.1 Å². The van der Waals surface area contributed by atoms with E-state index in [-0.39, 0.29) is 36.1 Å². The van der Waals surface area contributed by atoms with Crippen LogP contribution in [0, 0.1) is 0 Å². The number of nitrogens with two attached hydrogens (primary N) is 1. The van der Waals surface area contributed by atoms with Gasteiger partial charge in [-0.3, -0.25) is 4.99 Å². The topological polar surface area (TPSA) is 80.0 Å². The first kappa shape index (κ1) is 21.0. The number of rotatable bonds is 5. The fraction of sp³-hybridized carbons (Fsp3) is 0.625. The van der Waals surface area contributed by atoms with Crippen molar-refractivity contribution in [3.63, 3.8) is 0 Å². The van der Waals surface area contributed by atoms with Crippen LogP contribution in [0.4, 0.5) is 4.79 Å². The Morgan fingerprint density at radius 1 is 1.54 bits per heavy atom. The van der Waals surface area contributed by atoms with Gasteiger partial charge in [0.25, 0.3) is 0 Å². The molecule has 3 N–H and O–H groups in total. The van der Waals surface area contributed by atoms with Gasteiger partial charge in [0.2, 0.25) is 0 Å². The third kappa shape index (κ3) is 6.46. The number of thiophene rings is 1. The monoisotopic (exact) mass is 466 g/mol. The van der Waals surface area contributed by atoms with Crippen LogP contribution in [0.15, 0.2) is 22.5 Å². The first-order valence-corrected chi connectivity index (χ1v) is 8.99. The molecule has 2 rings (SSSR count). The van der Waals surface area contributed by atoms with E-state index < -0.39 is 0 Å². The second kappa shape index (κ2) is 10.8. The van der Waals surface area contributed by atoms with Crippen LogP contribution in [0.5, 0.6) is 0 Å². The lowest BCUT2D eigenvalue weighted by Gasteiger charge is -2.31. The van der Waals surface area contributed by atoms with Gasteiger partial charge in [-0.1, -0.05) is 13.0 Å². The summed E-state index contributed by atoms with van der Waals surface area (Å²) in [5.41, 5.74) is 5.99. The Morgan fingerprint density at radius 2 is 2.25 bits per heavy atom. The quantitative estimate of drug-likeness (QED) is 0.397. The normalized spacial score (nSPS) is 17.1. The lowest BCUT2D eigenvalue weighted by atomic mass is 10.1. The SMILES string of the molecule is CCOC(=O)N1CCC(NC(N)=NCC(C)c2cccs2)CC1.I. The van der Waals surface area contributed by atoms with Gasteiger partial charge >= 0.3 is 6.09 Å². The molecule has 1 amide bonds. The largest absolute Gasteiger partial charge is 0.450 e. The molecule has 2 heterocycles. The number of ether oxygens (including phenoxy) is 1. The van der Waals surface area contributed by atoms with Crippen molar-refractivity contribution in [2.45, 2.75) is 38.6 Å². The van der Waals surface area contributed by atoms with E-state index >= 15 is 0 Å². The minimum atomic E-state index is -0.225. The summed E-state index contributed by atoms with van der Waals surface area (Å²) in [5.74, 6) is 0.865. The summed E-state index contributed by atoms with van der Waals surface area (Å²) in [6.45, 7) is 6.45. The first-order valence-electron chi connectivity index (χ1n) is 8.11. The fourth-order valence-electron chi connectivity index (χ4n) is 2.57. The molecule has 0 saturated carbocycles. The summed E-state index contributed by atoms with van der Waals surface area (Å²) < 4.78 is 5.02. The van der Waals surface area contributed by atoms with Crippen LogP contribution in [0.3, 0.4) is 0 Å². The van der Waals surface area contributed by atoms with E-state index in [1.807, 2.05) is 6.92 Å². The second-order valence-electron chi connectivity index (χ2n) is 5.75. The van der Waals surface area contributed by atoms with Gasteiger partial charge in [-0.05, 0) is 31.2 Å². The molecule has 0 bridgehead atoms. The average Bonchev–Trinajstić information content (AvgIpc) is 3.08. The molecule has 1 saturated heterocycles. The molecular weight excluding hydrogens is 439 g/mol. The Balaban J connectivity index is 0.00000288. The molecule has 0 aliphatic carbocycles. The molecule has 136 valence electrons. The van der Waals surface area contributed by atoms with Crippen LogP contribution in [-0.4, -0.2) is 49.2 Å². The standard InChI is InChI=1S/C16H26N4O2S.HI/c1-3-22-16(21)20-8-6-13(7-9-20)19-15(17)18-11-12(2)14-5-4-10-23-14;/h4-5,10,12-13H,3,6-9,11H2,1-2H3,(H3,17,18,19);1H. The minimum absolute atomic E-state index is 0. The molecule has 1 fully saturated rings. The first-order chi connectivity index (χ1) is 11.1. The predicted octanol–water partition coefficient (Wildman–Crippen LogP) is 2.99. The fourth-order valence-corrected chi connectivity index (χ4v) is 3.35. The lowest BCUT2D eigenvalue weighted by Crippen LogP contribution is -2.48. The highest BCUT2D eigenvalue weighted by atomic mass is 127. The smallest absolute Gasteiger partial charge is 0.409 e. The number of aliphatic imine (C=N–C) groups is 1. The maximum atomic E-state index is 11.7. The molecule has 1 aliphatic rings. The van der Waals surface area contributed by atoms with E-state index in [1.165, 1.54) is 4.88 Å². The van der Waals surface area contributed by atoms with Crippen molar-refractivity contribution < 1.29 is 9.53 Å². The summed E-state index contributed by atoms with van der Waals surface area (Å²) >= 11 is 1.75. The molecule has 6 nitrogen and oxygen atoms in total. The second-order valence-corrected chi connectivity index (χ2v) is 6.73. The van der Waals surface area contributed by atoms with Crippen LogP contribution in [0.2, 0.25) is 0 Å². The Bertz CT molecular complexity index is 516. The molecule has 0 radical (unpaired) electrons. The number of carbonyl (C=O) groups is 1. The van der Waals surface area contributed by atoms with E-state index in [9.17, 15) is 4.79 Å². The number of likely N-dealkylation sites (tertiary alicyclic amines) is 1. The molecule has 0 spiro atoms. The van der Waals surface area contributed by atoms with Crippen molar-refractivity contribution in [2.24, 2.45) is 10.7 Å². The molecule has 0 aromatic carbocycles. The van der Waals surface area contributed by atoms with Gasteiger partial charge in [-0.2, -0.15) is 0 Å². The maximum Gasteiger partial charge on any atom is 0.409 e. The number of carbonyl (C=O) groups excluding carboxylic acids is 1. The summed E-state index contributed by atoms with van der Waals surface area (Å²) in [6.07, 6.45) is 1.49. The van der Waals surface area contributed by atoms with Gasteiger partial charge in [-0.25, -0.2) is 4.79 Å². The minimum Gasteiger partial charge on any atom is -0.450 e. The number of amides is 1. The third-order valence-corrected chi connectivity index (χ3v) is 5.04. The van der Waals surface area contributed by atoms with Crippen LogP contribution >= 0.6 is 35.3 Å². The number of guanidine groups is 1. The van der Waals surface area contributed by atoms with Gasteiger partial charge in [-0.15, -0.1) is 35.3 Å². The zero-order chi connectivity index (χ0) is 16.7. The Morgan fingerprint density at radius 3 is 2.83 bits per heavy atom. The lowest BCUT2D eigenvalue weighted by molar-refractivity contribution is 0.0963. The molecular formula is C16H27IN4O2S. The van der Waals surface area contributed by atoms with Gasteiger partial charge in [0, 0.05) is 29.9 Å². The number of nitrogens with zero attached hydrogens (tertiary/aromatic N) is 2. The number of halogens is 1. The molecule has 24 heavy (non-hydrogen) atoms. The van der Waals surface area contributed by atoms with Crippen LogP contribution in [-0.2, 0) is 4.74 Å². The number of hydrogen-bond acceptors (Lipinski definition) is 4. The number of piperidine rings is 1. The molecule has 1 aromatic heterocycles. The predicted molar refractivity (Wildman–Crippen MR) is 109 cm³/mol. The molecule has 1 unspecified atom stereocenters. The summed E-state index contributed by atoms with van der Waals surface area (Å²) in [5, 5.41) is 5.34. The van der Waals surface area contributed by atoms with Crippen molar-refractivity contribution in [1.82, 2.24) is 10.2 Å². The van der Waals surface area contributed by atoms with E-state index in [0.717, 1.165) is 12.8 Å². The summed E-state index contributed by atoms with van der Waals surface area (Å²) in [4.78, 5) is 19.2. The van der Waals surface area contributed by atoms with Crippen LogP contribution < -0.4 is 11.1 Å².